The first-order chi connectivity index (χ1) is 9.11. The van der Waals surface area contributed by atoms with Gasteiger partial charge in [-0.05, 0) is 37.1 Å². The Morgan fingerprint density at radius 3 is 2.68 bits per heavy atom. The van der Waals surface area contributed by atoms with Crippen molar-refractivity contribution in [1.82, 2.24) is 4.90 Å². The van der Waals surface area contributed by atoms with Crippen LogP contribution in [0.4, 0.5) is 0 Å². The summed E-state index contributed by atoms with van der Waals surface area (Å²) in [7, 11) is 0. The molecule has 5 heteroatoms. The number of piperidine rings is 1. The van der Waals surface area contributed by atoms with Gasteiger partial charge in [0.15, 0.2) is 0 Å². The minimum atomic E-state index is -0.539. The van der Waals surface area contributed by atoms with E-state index in [0.29, 0.717) is 12.1 Å². The van der Waals surface area contributed by atoms with E-state index >= 15 is 0 Å². The van der Waals surface area contributed by atoms with Crippen LogP contribution in [0.25, 0.3) is 0 Å². The van der Waals surface area contributed by atoms with Gasteiger partial charge in [0.1, 0.15) is 6.04 Å². The van der Waals surface area contributed by atoms with Crippen LogP contribution in [0, 0.1) is 11.3 Å². The number of nitriles is 1. The second-order valence-corrected chi connectivity index (χ2v) is 4.83. The van der Waals surface area contributed by atoms with E-state index in [9.17, 15) is 9.90 Å². The Balaban J connectivity index is 2.24. The Kier molecular flexibility index (Phi) is 4.15. The number of benzene rings is 1. The minimum absolute atomic E-state index is 0.408. The fourth-order valence-corrected chi connectivity index (χ4v) is 2.51. The molecule has 2 rings (SSSR count). The Bertz CT molecular complexity index is 492. The number of carbonyl (C=O) groups is 1. The monoisotopic (exact) mass is 259 g/mol. The first-order valence-corrected chi connectivity index (χ1v) is 6.33. The van der Waals surface area contributed by atoms with Gasteiger partial charge < -0.3 is 10.8 Å². The summed E-state index contributed by atoms with van der Waals surface area (Å²) in [5.74, 6) is -0.432. The minimum Gasteiger partial charge on any atom is -0.392 e. The van der Waals surface area contributed by atoms with E-state index in [-0.39, 0.29) is 0 Å². The van der Waals surface area contributed by atoms with Crippen LogP contribution < -0.4 is 5.73 Å². The molecule has 0 saturated carbocycles. The molecular formula is C14H17N3O2. The second-order valence-electron chi connectivity index (χ2n) is 4.83. The van der Waals surface area contributed by atoms with Crippen molar-refractivity contribution in [2.45, 2.75) is 25.0 Å². The number of carbonyl (C=O) groups excluding carboxylic acids is 1. The molecule has 1 aliphatic rings. The zero-order valence-corrected chi connectivity index (χ0v) is 10.6. The summed E-state index contributed by atoms with van der Waals surface area (Å²) in [6.45, 7) is 1.19. The van der Waals surface area contributed by atoms with Crippen molar-refractivity contribution in [2.75, 3.05) is 13.1 Å². The highest BCUT2D eigenvalue weighted by Gasteiger charge is 2.29. The average Bonchev–Trinajstić information content (AvgIpc) is 2.39. The predicted molar refractivity (Wildman–Crippen MR) is 69.9 cm³/mol. The fourth-order valence-electron chi connectivity index (χ4n) is 2.51. The number of hydrogen-bond acceptors (Lipinski definition) is 4. The lowest BCUT2D eigenvalue weighted by molar-refractivity contribution is -0.124. The largest absolute Gasteiger partial charge is 0.392 e. The Hall–Kier alpha value is -1.90. The maximum Gasteiger partial charge on any atom is 0.239 e. The van der Waals surface area contributed by atoms with E-state index in [1.807, 2.05) is 11.0 Å². The zero-order chi connectivity index (χ0) is 13.8. The number of likely N-dealkylation sites (tertiary alicyclic amines) is 1. The van der Waals surface area contributed by atoms with E-state index in [1.165, 1.54) is 0 Å². The maximum absolute atomic E-state index is 11.7. The molecule has 2 atom stereocenters. The Morgan fingerprint density at radius 1 is 1.47 bits per heavy atom. The summed E-state index contributed by atoms with van der Waals surface area (Å²) in [6, 6.07) is 8.33. The van der Waals surface area contributed by atoms with E-state index in [4.69, 9.17) is 11.0 Å². The van der Waals surface area contributed by atoms with E-state index < -0.39 is 18.1 Å². The SMILES string of the molecule is N#Cc1ccc(C(C(N)=O)N2CCCC(O)C2)cc1. The van der Waals surface area contributed by atoms with Crippen LogP contribution >= 0.6 is 0 Å². The number of aliphatic hydroxyl groups is 1. The summed E-state index contributed by atoms with van der Waals surface area (Å²) >= 11 is 0. The summed E-state index contributed by atoms with van der Waals surface area (Å²) in [5.41, 5.74) is 6.80. The van der Waals surface area contributed by atoms with Gasteiger partial charge in [0, 0.05) is 6.54 Å². The third kappa shape index (κ3) is 3.11. The number of nitrogens with zero attached hydrogens (tertiary/aromatic N) is 2. The van der Waals surface area contributed by atoms with Crippen molar-refractivity contribution in [2.24, 2.45) is 5.73 Å². The van der Waals surface area contributed by atoms with Crippen LogP contribution in [0.5, 0.6) is 0 Å². The molecule has 1 aromatic carbocycles. The lowest BCUT2D eigenvalue weighted by Crippen LogP contribution is -2.45. The van der Waals surface area contributed by atoms with Crippen molar-refractivity contribution < 1.29 is 9.90 Å². The van der Waals surface area contributed by atoms with Crippen molar-refractivity contribution in [3.8, 4) is 6.07 Å². The van der Waals surface area contributed by atoms with E-state index in [0.717, 1.165) is 24.9 Å². The van der Waals surface area contributed by atoms with Gasteiger partial charge in [-0.15, -0.1) is 0 Å². The van der Waals surface area contributed by atoms with Gasteiger partial charge >= 0.3 is 0 Å². The van der Waals surface area contributed by atoms with Gasteiger partial charge in [0.05, 0.1) is 17.7 Å². The number of hydrogen-bond donors (Lipinski definition) is 2. The molecule has 1 fully saturated rings. The highest BCUT2D eigenvalue weighted by atomic mass is 16.3. The molecule has 1 aromatic rings. The smallest absolute Gasteiger partial charge is 0.239 e. The number of rotatable bonds is 3. The summed E-state index contributed by atoms with van der Waals surface area (Å²) in [4.78, 5) is 13.6. The van der Waals surface area contributed by atoms with Gasteiger partial charge in [0.25, 0.3) is 0 Å². The number of nitrogens with two attached hydrogens (primary N) is 1. The summed E-state index contributed by atoms with van der Waals surface area (Å²) < 4.78 is 0. The van der Waals surface area contributed by atoms with Gasteiger partial charge in [-0.1, -0.05) is 12.1 Å². The summed E-state index contributed by atoms with van der Waals surface area (Å²) in [6.07, 6.45) is 1.20. The molecule has 0 radical (unpaired) electrons. The van der Waals surface area contributed by atoms with Crippen LogP contribution in [0.15, 0.2) is 24.3 Å². The molecule has 19 heavy (non-hydrogen) atoms. The molecule has 3 N–H and O–H groups in total. The van der Waals surface area contributed by atoms with E-state index in [1.54, 1.807) is 24.3 Å². The molecule has 0 bridgehead atoms. The van der Waals surface area contributed by atoms with Crippen molar-refractivity contribution in [3.05, 3.63) is 35.4 Å². The highest BCUT2D eigenvalue weighted by molar-refractivity contribution is 5.81. The molecule has 0 spiro atoms. The third-order valence-electron chi connectivity index (χ3n) is 3.42. The van der Waals surface area contributed by atoms with Crippen LogP contribution in [0.2, 0.25) is 0 Å². The third-order valence-corrected chi connectivity index (χ3v) is 3.42. The van der Waals surface area contributed by atoms with Crippen LogP contribution in [-0.4, -0.2) is 35.1 Å². The Morgan fingerprint density at radius 2 is 2.16 bits per heavy atom. The highest BCUT2D eigenvalue weighted by Crippen LogP contribution is 2.24. The molecule has 1 saturated heterocycles. The van der Waals surface area contributed by atoms with Crippen LogP contribution in [0.1, 0.15) is 30.0 Å². The van der Waals surface area contributed by atoms with Crippen molar-refractivity contribution in [1.29, 1.82) is 5.26 Å². The standard InChI is InChI=1S/C14H17N3O2/c15-8-10-3-5-11(6-4-10)13(14(16)19)17-7-1-2-12(18)9-17/h3-6,12-13,18H,1-2,7,9H2,(H2,16,19). The fraction of sp³-hybridized carbons (Fsp3) is 0.429. The number of aliphatic hydroxyl groups excluding tert-OH is 1. The molecule has 2 unspecified atom stereocenters. The Labute approximate surface area is 112 Å². The molecule has 100 valence electrons. The lowest BCUT2D eigenvalue weighted by Gasteiger charge is -2.35. The topological polar surface area (TPSA) is 90.3 Å². The zero-order valence-electron chi connectivity index (χ0n) is 10.6. The second kappa shape index (κ2) is 5.83. The van der Waals surface area contributed by atoms with Crippen LogP contribution in [0.3, 0.4) is 0 Å². The normalized spacial score (nSPS) is 21.6. The molecular weight excluding hydrogens is 242 g/mol. The van der Waals surface area contributed by atoms with Gasteiger partial charge in [-0.3, -0.25) is 9.69 Å². The average molecular weight is 259 g/mol. The molecule has 1 aliphatic heterocycles. The van der Waals surface area contributed by atoms with Gasteiger partial charge in [-0.2, -0.15) is 5.26 Å². The molecule has 0 aliphatic carbocycles. The molecule has 5 nitrogen and oxygen atoms in total. The van der Waals surface area contributed by atoms with Crippen LogP contribution in [-0.2, 0) is 4.79 Å². The molecule has 1 amide bonds. The number of amides is 1. The van der Waals surface area contributed by atoms with Gasteiger partial charge in [0.2, 0.25) is 5.91 Å². The molecule has 1 heterocycles. The van der Waals surface area contributed by atoms with Crippen molar-refractivity contribution in [3.63, 3.8) is 0 Å². The molecule has 0 aromatic heterocycles. The summed E-state index contributed by atoms with van der Waals surface area (Å²) in [5, 5.41) is 18.5. The quantitative estimate of drug-likeness (QED) is 0.829. The van der Waals surface area contributed by atoms with E-state index in [2.05, 4.69) is 0 Å². The predicted octanol–water partition coefficient (Wildman–Crippen LogP) is 0.541. The maximum atomic E-state index is 11.7. The first kappa shape index (κ1) is 13.5. The van der Waals surface area contributed by atoms with Gasteiger partial charge in [-0.25, -0.2) is 0 Å². The number of β-amino-alcohol motifs (C(OH)–C–C–N with tert-alkyl or cyclic N) is 1. The number of primary amides is 1. The lowest BCUT2D eigenvalue weighted by atomic mass is 9.99. The first-order valence-electron chi connectivity index (χ1n) is 6.33. The van der Waals surface area contributed by atoms with Crippen molar-refractivity contribution >= 4 is 5.91 Å².